The van der Waals surface area contributed by atoms with E-state index in [9.17, 15) is 4.79 Å². The molecule has 0 N–H and O–H groups in total. The van der Waals surface area contributed by atoms with E-state index in [0.717, 1.165) is 23.9 Å². The molecule has 1 atom stereocenters. The first-order valence-corrected chi connectivity index (χ1v) is 5.74. The molecule has 1 heterocycles. The summed E-state index contributed by atoms with van der Waals surface area (Å²) >= 11 is 0. The lowest BCUT2D eigenvalue weighted by molar-refractivity contribution is -0.898. The molecule has 3 nitrogen and oxygen atoms in total. The van der Waals surface area contributed by atoms with Crippen molar-refractivity contribution in [3.63, 3.8) is 0 Å². The Morgan fingerprint density at radius 3 is 2.40 bits per heavy atom. The van der Waals surface area contributed by atoms with E-state index in [2.05, 4.69) is 14.1 Å². The number of likely N-dealkylation sites (N-methyl/N-ethyl adjacent to an activating group) is 1. The van der Waals surface area contributed by atoms with E-state index in [-0.39, 0.29) is 17.5 Å². The Kier molecular flexibility index (Phi) is 3.44. The van der Waals surface area contributed by atoms with Crippen LogP contribution in [0.25, 0.3) is 0 Å². The normalized spacial score (nSPS) is 26.1. The van der Waals surface area contributed by atoms with E-state index >= 15 is 0 Å². The van der Waals surface area contributed by atoms with Crippen molar-refractivity contribution < 1.29 is 14.0 Å². The number of rotatable bonds is 1. The molecule has 1 rings (SSSR count). The fraction of sp³-hybridized carbons (Fsp3) is 0.917. The van der Waals surface area contributed by atoms with Crippen molar-refractivity contribution in [1.82, 2.24) is 0 Å². The number of quaternary nitrogens is 1. The van der Waals surface area contributed by atoms with Crippen molar-refractivity contribution in [1.29, 1.82) is 0 Å². The molecule has 0 aromatic carbocycles. The topological polar surface area (TPSA) is 26.3 Å². The quantitative estimate of drug-likeness (QED) is 0.491. The Bertz CT molecular complexity index is 240. The zero-order valence-corrected chi connectivity index (χ0v) is 10.7. The van der Waals surface area contributed by atoms with Gasteiger partial charge in [-0.1, -0.05) is 0 Å². The first kappa shape index (κ1) is 12.5. The Morgan fingerprint density at radius 1 is 1.33 bits per heavy atom. The van der Waals surface area contributed by atoms with Gasteiger partial charge in [0.15, 0.2) is 6.10 Å². The van der Waals surface area contributed by atoms with Crippen molar-refractivity contribution in [2.24, 2.45) is 5.41 Å². The third-order valence-corrected chi connectivity index (χ3v) is 2.87. The van der Waals surface area contributed by atoms with Gasteiger partial charge in [-0.2, -0.15) is 0 Å². The minimum atomic E-state index is -0.380. The van der Waals surface area contributed by atoms with Gasteiger partial charge in [0.05, 0.1) is 26.1 Å². The number of nitrogens with zero attached hydrogens (tertiary/aromatic N) is 1. The molecule has 0 aliphatic carbocycles. The van der Waals surface area contributed by atoms with Crippen LogP contribution in [0, 0.1) is 5.41 Å². The van der Waals surface area contributed by atoms with Gasteiger partial charge in [0.25, 0.3) is 0 Å². The number of carbonyl (C=O) groups excluding carboxylic acids is 1. The van der Waals surface area contributed by atoms with Gasteiger partial charge in [-0.05, 0) is 27.2 Å². The minimum absolute atomic E-state index is 0.0746. The van der Waals surface area contributed by atoms with Gasteiger partial charge < -0.3 is 9.22 Å². The number of carbonyl (C=O) groups is 1. The Hall–Kier alpha value is -0.570. The van der Waals surface area contributed by atoms with E-state index in [1.807, 2.05) is 20.8 Å². The smallest absolute Gasteiger partial charge is 0.311 e. The molecule has 3 heteroatoms. The van der Waals surface area contributed by atoms with Gasteiger partial charge in [0.1, 0.15) is 6.54 Å². The molecule has 0 amide bonds. The predicted molar refractivity (Wildman–Crippen MR) is 60.4 cm³/mol. The van der Waals surface area contributed by atoms with Crippen LogP contribution in [0.5, 0.6) is 0 Å². The largest absolute Gasteiger partial charge is 0.456 e. The van der Waals surface area contributed by atoms with Crippen LogP contribution >= 0.6 is 0 Å². The summed E-state index contributed by atoms with van der Waals surface area (Å²) in [4.78, 5) is 11.7. The molecule has 0 aromatic rings. The molecular weight excluding hydrogens is 190 g/mol. The molecule has 88 valence electrons. The van der Waals surface area contributed by atoms with Gasteiger partial charge in [0.2, 0.25) is 0 Å². The second-order valence-corrected chi connectivity index (χ2v) is 6.26. The van der Waals surface area contributed by atoms with Crippen LogP contribution in [0.15, 0.2) is 0 Å². The summed E-state index contributed by atoms with van der Waals surface area (Å²) in [5.74, 6) is -0.0746. The second-order valence-electron chi connectivity index (χ2n) is 6.26. The van der Waals surface area contributed by atoms with Crippen molar-refractivity contribution in [3.05, 3.63) is 0 Å². The average Bonchev–Trinajstić information content (AvgIpc) is 2.00. The van der Waals surface area contributed by atoms with Crippen LogP contribution in [0.3, 0.4) is 0 Å². The molecule has 15 heavy (non-hydrogen) atoms. The van der Waals surface area contributed by atoms with Crippen LogP contribution in [0.4, 0.5) is 0 Å². The average molecular weight is 214 g/mol. The molecular formula is C12H24NO2+. The molecule has 0 aromatic heterocycles. The summed E-state index contributed by atoms with van der Waals surface area (Å²) in [7, 11) is 4.38. The number of likely N-dealkylation sites (tertiary alicyclic amines) is 1. The number of hydrogen-bond donors (Lipinski definition) is 0. The molecule has 1 unspecified atom stereocenters. The van der Waals surface area contributed by atoms with E-state index in [0.29, 0.717) is 0 Å². The lowest BCUT2D eigenvalue weighted by Gasteiger charge is -2.38. The van der Waals surface area contributed by atoms with E-state index in [4.69, 9.17) is 4.74 Å². The van der Waals surface area contributed by atoms with Gasteiger partial charge in [0, 0.05) is 6.42 Å². The van der Waals surface area contributed by atoms with Crippen LogP contribution in [0.1, 0.15) is 33.6 Å². The molecule has 1 aliphatic rings. The molecule has 1 saturated heterocycles. The molecule has 0 bridgehead atoms. The van der Waals surface area contributed by atoms with Gasteiger partial charge in [-0.25, -0.2) is 0 Å². The summed E-state index contributed by atoms with van der Waals surface area (Å²) in [5, 5.41) is 0. The highest BCUT2D eigenvalue weighted by Gasteiger charge is 2.32. The second kappa shape index (κ2) is 4.12. The lowest BCUT2D eigenvalue weighted by atomic mass is 9.97. The van der Waals surface area contributed by atoms with E-state index in [1.165, 1.54) is 6.54 Å². The minimum Gasteiger partial charge on any atom is -0.456 e. The zero-order valence-electron chi connectivity index (χ0n) is 10.7. The standard InChI is InChI=1S/C12H24NO2/c1-12(2,3)11(14)15-10-7-6-8-13(4,5)9-10/h10H,6-9H2,1-5H3/q+1. The van der Waals surface area contributed by atoms with Gasteiger partial charge in [-0.15, -0.1) is 0 Å². The molecule has 1 fully saturated rings. The number of ether oxygens (including phenoxy) is 1. The Morgan fingerprint density at radius 2 is 1.93 bits per heavy atom. The SMILES string of the molecule is CC(C)(C)C(=O)OC1CCC[N+](C)(C)C1. The highest BCUT2D eigenvalue weighted by molar-refractivity contribution is 5.75. The maximum Gasteiger partial charge on any atom is 0.311 e. The highest BCUT2D eigenvalue weighted by Crippen LogP contribution is 2.21. The molecule has 0 spiro atoms. The van der Waals surface area contributed by atoms with Crippen LogP contribution in [0.2, 0.25) is 0 Å². The monoisotopic (exact) mass is 214 g/mol. The zero-order chi connectivity index (χ0) is 11.7. The van der Waals surface area contributed by atoms with Crippen molar-refractivity contribution in [3.8, 4) is 0 Å². The predicted octanol–water partition coefficient (Wildman–Crippen LogP) is 1.81. The van der Waals surface area contributed by atoms with Crippen LogP contribution < -0.4 is 0 Å². The highest BCUT2D eigenvalue weighted by atomic mass is 16.5. The maximum atomic E-state index is 11.7. The Labute approximate surface area is 93.0 Å². The number of esters is 1. The lowest BCUT2D eigenvalue weighted by Crippen LogP contribution is -2.51. The number of hydrogen-bond acceptors (Lipinski definition) is 2. The summed E-state index contributed by atoms with van der Waals surface area (Å²) in [6.45, 7) is 7.83. The van der Waals surface area contributed by atoms with Crippen molar-refractivity contribution >= 4 is 5.97 Å². The maximum absolute atomic E-state index is 11.7. The van der Waals surface area contributed by atoms with Crippen molar-refractivity contribution in [2.75, 3.05) is 27.2 Å². The fourth-order valence-electron chi connectivity index (χ4n) is 1.91. The molecule has 1 aliphatic heterocycles. The molecule has 0 saturated carbocycles. The third-order valence-electron chi connectivity index (χ3n) is 2.87. The first-order chi connectivity index (χ1) is 6.71. The van der Waals surface area contributed by atoms with Gasteiger partial charge >= 0.3 is 5.97 Å². The summed E-state index contributed by atoms with van der Waals surface area (Å²) in [6, 6.07) is 0. The third kappa shape index (κ3) is 3.82. The van der Waals surface area contributed by atoms with Crippen LogP contribution in [-0.4, -0.2) is 43.7 Å². The first-order valence-electron chi connectivity index (χ1n) is 5.74. The van der Waals surface area contributed by atoms with E-state index < -0.39 is 0 Å². The van der Waals surface area contributed by atoms with Gasteiger partial charge in [-0.3, -0.25) is 4.79 Å². The van der Waals surface area contributed by atoms with Crippen molar-refractivity contribution in [2.45, 2.75) is 39.7 Å². The summed E-state index contributed by atoms with van der Waals surface area (Å²) in [6.07, 6.45) is 2.28. The fourth-order valence-corrected chi connectivity index (χ4v) is 1.91. The molecule has 0 radical (unpaired) electrons. The Balaban J connectivity index is 2.49. The summed E-state index contributed by atoms with van der Waals surface area (Å²) in [5.41, 5.74) is -0.380. The van der Waals surface area contributed by atoms with Crippen LogP contribution in [-0.2, 0) is 9.53 Å². The number of piperidine rings is 1. The van der Waals surface area contributed by atoms with E-state index in [1.54, 1.807) is 0 Å². The summed E-state index contributed by atoms with van der Waals surface area (Å²) < 4.78 is 6.50.